The Balaban J connectivity index is 1.79. The molecule has 0 saturated heterocycles. The van der Waals surface area contributed by atoms with Crippen molar-refractivity contribution in [2.75, 3.05) is 5.32 Å². The van der Waals surface area contributed by atoms with E-state index < -0.39 is 0 Å². The van der Waals surface area contributed by atoms with Crippen molar-refractivity contribution in [3.63, 3.8) is 0 Å². The van der Waals surface area contributed by atoms with Gasteiger partial charge in [-0.1, -0.05) is 6.07 Å². The van der Waals surface area contributed by atoms with Crippen LogP contribution in [0.15, 0.2) is 34.2 Å². The Morgan fingerprint density at radius 2 is 2.37 bits per heavy atom. The largest absolute Gasteiger partial charge is 0.311 e. The number of anilines is 1. The summed E-state index contributed by atoms with van der Waals surface area (Å²) in [5, 5.41) is 4.88. The maximum atomic E-state index is 11.8. The van der Waals surface area contributed by atoms with Gasteiger partial charge in [0.1, 0.15) is 5.82 Å². The predicted octanol–water partition coefficient (Wildman–Crippen LogP) is 4.18. The lowest BCUT2D eigenvalue weighted by Crippen LogP contribution is -2.12. The number of aryl methyl sites for hydroxylation is 2. The van der Waals surface area contributed by atoms with E-state index in [1.165, 1.54) is 4.88 Å². The summed E-state index contributed by atoms with van der Waals surface area (Å²) in [5.74, 6) is 0.632. The van der Waals surface area contributed by atoms with E-state index in [-0.39, 0.29) is 5.91 Å². The molecule has 100 valence electrons. The van der Waals surface area contributed by atoms with Crippen LogP contribution in [0.3, 0.4) is 0 Å². The van der Waals surface area contributed by atoms with Crippen LogP contribution in [0.2, 0.25) is 0 Å². The van der Waals surface area contributed by atoms with Crippen molar-refractivity contribution in [2.24, 2.45) is 0 Å². The van der Waals surface area contributed by atoms with Crippen molar-refractivity contribution >= 4 is 39.0 Å². The zero-order valence-electron chi connectivity index (χ0n) is 10.6. The maximum Gasteiger partial charge on any atom is 0.225 e. The Bertz CT molecular complexity index is 555. The number of halogens is 1. The fraction of sp³-hybridized carbons (Fsp3) is 0.286. The van der Waals surface area contributed by atoms with Crippen LogP contribution in [0.1, 0.15) is 23.3 Å². The number of nitrogens with zero attached hydrogens (tertiary/aromatic N) is 1. The quantitative estimate of drug-likeness (QED) is 0.888. The van der Waals surface area contributed by atoms with Gasteiger partial charge < -0.3 is 5.32 Å². The Labute approximate surface area is 125 Å². The number of aromatic nitrogens is 1. The first-order valence-corrected chi connectivity index (χ1v) is 7.77. The third kappa shape index (κ3) is 4.44. The molecular weight excluding hydrogens is 324 g/mol. The number of amides is 1. The summed E-state index contributed by atoms with van der Waals surface area (Å²) < 4.78 is 0.947. The third-order valence-corrected chi connectivity index (χ3v) is 4.49. The fourth-order valence-corrected chi connectivity index (χ4v) is 2.66. The van der Waals surface area contributed by atoms with Gasteiger partial charge in [0, 0.05) is 22.0 Å². The van der Waals surface area contributed by atoms with E-state index in [4.69, 9.17) is 0 Å². The van der Waals surface area contributed by atoms with Crippen molar-refractivity contribution in [1.82, 2.24) is 4.98 Å². The second-order valence-electron chi connectivity index (χ2n) is 4.30. The first-order valence-electron chi connectivity index (χ1n) is 6.09. The van der Waals surface area contributed by atoms with Crippen LogP contribution in [0.5, 0.6) is 0 Å². The number of carbonyl (C=O) groups is 1. The molecule has 2 heterocycles. The topological polar surface area (TPSA) is 42.0 Å². The van der Waals surface area contributed by atoms with Crippen molar-refractivity contribution in [1.29, 1.82) is 0 Å². The fourth-order valence-electron chi connectivity index (χ4n) is 1.69. The molecule has 0 bridgehead atoms. The minimum Gasteiger partial charge on any atom is -0.311 e. The average molecular weight is 339 g/mol. The van der Waals surface area contributed by atoms with E-state index >= 15 is 0 Å². The lowest BCUT2D eigenvalue weighted by atomic mass is 10.2. The lowest BCUT2D eigenvalue weighted by molar-refractivity contribution is -0.116. The van der Waals surface area contributed by atoms with E-state index in [2.05, 4.69) is 37.7 Å². The molecule has 3 nitrogen and oxygen atoms in total. The minimum atomic E-state index is 0.0192. The molecule has 1 amide bonds. The number of carbonyl (C=O) groups excluding carboxylic acids is 1. The lowest BCUT2D eigenvalue weighted by Gasteiger charge is -2.05. The van der Waals surface area contributed by atoms with Crippen LogP contribution in [0.4, 0.5) is 5.82 Å². The molecular formula is C14H15BrN2OS. The molecule has 0 unspecified atom stereocenters. The SMILES string of the molecule is Cc1cc(NC(=O)CCCc2cccs2)ncc1Br. The summed E-state index contributed by atoms with van der Waals surface area (Å²) in [6.07, 6.45) is 4.05. The summed E-state index contributed by atoms with van der Waals surface area (Å²) in [5.41, 5.74) is 1.06. The molecule has 5 heteroatoms. The van der Waals surface area contributed by atoms with Gasteiger partial charge in [-0.05, 0) is 58.8 Å². The van der Waals surface area contributed by atoms with Gasteiger partial charge in [0.15, 0.2) is 0 Å². The van der Waals surface area contributed by atoms with Crippen LogP contribution in [-0.2, 0) is 11.2 Å². The molecule has 0 aliphatic carbocycles. The molecule has 2 rings (SSSR count). The van der Waals surface area contributed by atoms with Crippen LogP contribution >= 0.6 is 27.3 Å². The number of hydrogen-bond donors (Lipinski definition) is 1. The van der Waals surface area contributed by atoms with Gasteiger partial charge in [0.2, 0.25) is 5.91 Å². The summed E-state index contributed by atoms with van der Waals surface area (Å²) in [6.45, 7) is 1.97. The van der Waals surface area contributed by atoms with Crippen LogP contribution in [-0.4, -0.2) is 10.9 Å². The van der Waals surface area contributed by atoms with Crippen LogP contribution in [0.25, 0.3) is 0 Å². The van der Waals surface area contributed by atoms with Crippen LogP contribution < -0.4 is 5.32 Å². The van der Waals surface area contributed by atoms with Gasteiger partial charge in [-0.15, -0.1) is 11.3 Å². The summed E-state index contributed by atoms with van der Waals surface area (Å²) >= 11 is 5.12. The van der Waals surface area contributed by atoms with Crippen molar-refractivity contribution < 1.29 is 4.79 Å². The first-order chi connectivity index (χ1) is 9.15. The van der Waals surface area contributed by atoms with Gasteiger partial charge in [0.05, 0.1) is 0 Å². The molecule has 2 aromatic rings. The van der Waals surface area contributed by atoms with Crippen LogP contribution in [0, 0.1) is 6.92 Å². The zero-order valence-corrected chi connectivity index (χ0v) is 13.1. The Morgan fingerprint density at radius 3 is 3.05 bits per heavy atom. The van der Waals surface area contributed by atoms with E-state index in [0.717, 1.165) is 22.9 Å². The van der Waals surface area contributed by atoms with E-state index in [9.17, 15) is 4.79 Å². The molecule has 0 saturated carbocycles. The molecule has 2 aromatic heterocycles. The highest BCUT2D eigenvalue weighted by atomic mass is 79.9. The molecule has 0 fully saturated rings. The molecule has 0 atom stereocenters. The number of hydrogen-bond acceptors (Lipinski definition) is 3. The summed E-state index contributed by atoms with van der Waals surface area (Å²) in [7, 11) is 0. The smallest absolute Gasteiger partial charge is 0.225 e. The number of pyridine rings is 1. The Kier molecular flexibility index (Phi) is 5.10. The molecule has 1 N–H and O–H groups in total. The first kappa shape index (κ1) is 14.2. The third-order valence-electron chi connectivity index (χ3n) is 2.72. The second-order valence-corrected chi connectivity index (χ2v) is 6.19. The molecule has 0 aromatic carbocycles. The Morgan fingerprint density at radius 1 is 1.53 bits per heavy atom. The standard InChI is InChI=1S/C14H15BrN2OS/c1-10-8-13(16-9-12(10)15)17-14(18)6-2-4-11-5-3-7-19-11/h3,5,7-9H,2,4,6H2,1H3,(H,16,17,18). The van der Waals surface area contributed by atoms with Crippen molar-refractivity contribution in [2.45, 2.75) is 26.2 Å². The summed E-state index contributed by atoms with van der Waals surface area (Å²) in [6, 6.07) is 6.00. The predicted molar refractivity (Wildman–Crippen MR) is 82.6 cm³/mol. The molecule has 0 radical (unpaired) electrons. The summed E-state index contributed by atoms with van der Waals surface area (Å²) in [4.78, 5) is 17.3. The van der Waals surface area contributed by atoms with Gasteiger partial charge in [-0.2, -0.15) is 0 Å². The van der Waals surface area contributed by atoms with Crippen molar-refractivity contribution in [3.05, 3.63) is 44.7 Å². The van der Waals surface area contributed by atoms with Gasteiger partial charge in [-0.25, -0.2) is 4.98 Å². The van der Waals surface area contributed by atoms with E-state index in [1.807, 2.05) is 19.1 Å². The van der Waals surface area contributed by atoms with E-state index in [0.29, 0.717) is 12.2 Å². The molecule has 0 spiro atoms. The van der Waals surface area contributed by atoms with Gasteiger partial charge in [0.25, 0.3) is 0 Å². The monoisotopic (exact) mass is 338 g/mol. The average Bonchev–Trinajstić information content (AvgIpc) is 2.87. The highest BCUT2D eigenvalue weighted by molar-refractivity contribution is 9.10. The van der Waals surface area contributed by atoms with Crippen molar-refractivity contribution in [3.8, 4) is 0 Å². The highest BCUT2D eigenvalue weighted by Crippen LogP contribution is 2.17. The minimum absolute atomic E-state index is 0.0192. The normalized spacial score (nSPS) is 10.4. The molecule has 0 aliphatic heterocycles. The van der Waals surface area contributed by atoms with Gasteiger partial charge in [-0.3, -0.25) is 4.79 Å². The number of nitrogens with one attached hydrogen (secondary N) is 1. The highest BCUT2D eigenvalue weighted by Gasteiger charge is 2.05. The molecule has 0 aliphatic rings. The Hall–Kier alpha value is -1.20. The maximum absolute atomic E-state index is 11.8. The second kappa shape index (κ2) is 6.82. The van der Waals surface area contributed by atoms with Gasteiger partial charge >= 0.3 is 0 Å². The van der Waals surface area contributed by atoms with E-state index in [1.54, 1.807) is 17.5 Å². The molecule has 19 heavy (non-hydrogen) atoms. The number of thiophene rings is 1. The number of rotatable bonds is 5. The zero-order chi connectivity index (χ0) is 13.7.